The second kappa shape index (κ2) is 5.79. The Hall–Kier alpha value is -1.96. The minimum absolute atomic E-state index is 0.170. The molecule has 0 saturated heterocycles. The number of aromatic hydroxyl groups is 2. The summed E-state index contributed by atoms with van der Waals surface area (Å²) in [4.78, 5) is 12.3. The van der Waals surface area contributed by atoms with Gasteiger partial charge in [0.25, 0.3) is 5.91 Å². The molecule has 5 nitrogen and oxygen atoms in total. The van der Waals surface area contributed by atoms with E-state index in [1.165, 1.54) is 6.07 Å². The highest BCUT2D eigenvalue weighted by Gasteiger charge is 2.34. The fourth-order valence-corrected chi connectivity index (χ4v) is 1.53. The molecule has 0 atom stereocenters. The molecule has 8 heteroatoms. The van der Waals surface area contributed by atoms with Gasteiger partial charge >= 0.3 is 6.18 Å². The summed E-state index contributed by atoms with van der Waals surface area (Å²) in [5, 5.41) is 18.9. The van der Waals surface area contributed by atoms with Gasteiger partial charge in [-0.2, -0.15) is 13.2 Å². The average Bonchev–Trinajstić information content (AvgIpc) is 2.26. The number of phenols is 2. The van der Waals surface area contributed by atoms with Gasteiger partial charge in [-0.1, -0.05) is 6.07 Å². The van der Waals surface area contributed by atoms with Crippen LogP contribution in [-0.4, -0.2) is 46.8 Å². The van der Waals surface area contributed by atoms with Crippen molar-refractivity contribution in [1.29, 1.82) is 0 Å². The third-order valence-electron chi connectivity index (χ3n) is 2.29. The Balaban J connectivity index is 3.06. The fraction of sp³-hybridized carbons (Fsp3) is 0.364. The van der Waals surface area contributed by atoms with Crippen LogP contribution < -0.4 is 5.73 Å². The first-order valence-electron chi connectivity index (χ1n) is 5.33. The highest BCUT2D eigenvalue weighted by molar-refractivity contribution is 5.99. The van der Waals surface area contributed by atoms with Gasteiger partial charge < -0.3 is 20.8 Å². The molecule has 0 aliphatic heterocycles. The molecule has 0 unspecified atom stereocenters. The Bertz CT molecular complexity index is 443. The van der Waals surface area contributed by atoms with E-state index in [-0.39, 0.29) is 13.1 Å². The lowest BCUT2D eigenvalue weighted by atomic mass is 10.1. The van der Waals surface area contributed by atoms with E-state index in [0.29, 0.717) is 4.90 Å². The molecule has 0 spiro atoms. The molecule has 0 aliphatic rings. The van der Waals surface area contributed by atoms with Crippen LogP contribution in [0.5, 0.6) is 11.5 Å². The Morgan fingerprint density at radius 3 is 2.21 bits per heavy atom. The number of phenolic OH excluding ortho intramolecular Hbond substituents is 2. The van der Waals surface area contributed by atoms with Crippen LogP contribution in [0.2, 0.25) is 0 Å². The number of carbonyl (C=O) groups excluding carboxylic acids is 1. The Morgan fingerprint density at radius 1 is 1.26 bits per heavy atom. The van der Waals surface area contributed by atoms with Gasteiger partial charge in [-0.05, 0) is 12.1 Å². The molecule has 0 saturated carbocycles. The van der Waals surface area contributed by atoms with Crippen LogP contribution in [0, 0.1) is 0 Å². The van der Waals surface area contributed by atoms with Crippen molar-refractivity contribution in [2.24, 2.45) is 5.73 Å². The minimum atomic E-state index is -4.59. The quantitative estimate of drug-likeness (QED) is 0.768. The lowest BCUT2D eigenvalue weighted by Crippen LogP contribution is -2.41. The zero-order chi connectivity index (χ0) is 14.6. The van der Waals surface area contributed by atoms with Gasteiger partial charge in [-0.15, -0.1) is 0 Å². The summed E-state index contributed by atoms with van der Waals surface area (Å²) in [6, 6.07) is 3.46. The first kappa shape index (κ1) is 15.1. The first-order valence-corrected chi connectivity index (χ1v) is 5.33. The van der Waals surface area contributed by atoms with Gasteiger partial charge in [-0.25, -0.2) is 0 Å². The molecule has 1 rings (SSSR count). The Kier molecular flexibility index (Phi) is 4.60. The number of hydrogen-bond acceptors (Lipinski definition) is 4. The van der Waals surface area contributed by atoms with Gasteiger partial charge in [0.1, 0.15) is 23.6 Å². The van der Waals surface area contributed by atoms with Crippen LogP contribution in [0.3, 0.4) is 0 Å². The summed E-state index contributed by atoms with van der Waals surface area (Å²) >= 11 is 0. The molecule has 0 bridgehead atoms. The maximum atomic E-state index is 12.3. The van der Waals surface area contributed by atoms with Crippen LogP contribution in [0.1, 0.15) is 10.4 Å². The van der Waals surface area contributed by atoms with Crippen LogP contribution in [0.15, 0.2) is 18.2 Å². The van der Waals surface area contributed by atoms with E-state index < -0.39 is 35.7 Å². The third-order valence-corrected chi connectivity index (χ3v) is 2.29. The highest BCUT2D eigenvalue weighted by Crippen LogP contribution is 2.28. The maximum Gasteiger partial charge on any atom is 0.406 e. The molecule has 4 N–H and O–H groups in total. The molecule has 0 heterocycles. The molecule has 0 aliphatic carbocycles. The average molecular weight is 278 g/mol. The van der Waals surface area contributed by atoms with E-state index in [1.54, 1.807) is 0 Å². The van der Waals surface area contributed by atoms with Gasteiger partial charge in [0.2, 0.25) is 0 Å². The van der Waals surface area contributed by atoms with Crippen LogP contribution in [-0.2, 0) is 0 Å². The van der Waals surface area contributed by atoms with Gasteiger partial charge in [0.05, 0.1) is 0 Å². The van der Waals surface area contributed by atoms with Crippen molar-refractivity contribution in [3.05, 3.63) is 23.8 Å². The molecule has 0 aromatic heterocycles. The SMILES string of the molecule is NCCN(CC(F)(F)F)C(=O)c1c(O)cccc1O. The fourth-order valence-electron chi connectivity index (χ4n) is 1.53. The number of benzene rings is 1. The van der Waals surface area contributed by atoms with Crippen LogP contribution in [0.25, 0.3) is 0 Å². The second-order valence-electron chi connectivity index (χ2n) is 3.80. The van der Waals surface area contributed by atoms with Gasteiger partial charge in [0.15, 0.2) is 0 Å². The van der Waals surface area contributed by atoms with Crippen LogP contribution in [0.4, 0.5) is 13.2 Å². The molecule has 19 heavy (non-hydrogen) atoms. The van der Waals surface area contributed by atoms with Crippen molar-refractivity contribution >= 4 is 5.91 Å². The number of hydrogen-bond donors (Lipinski definition) is 3. The normalized spacial score (nSPS) is 11.4. The number of nitrogens with two attached hydrogens (primary N) is 1. The number of halogens is 3. The minimum Gasteiger partial charge on any atom is -0.507 e. The van der Waals surface area contributed by atoms with Crippen molar-refractivity contribution in [2.45, 2.75) is 6.18 Å². The van der Waals surface area contributed by atoms with Gasteiger partial charge in [-0.3, -0.25) is 4.79 Å². The van der Waals surface area contributed by atoms with Crippen molar-refractivity contribution in [3.8, 4) is 11.5 Å². The number of carbonyl (C=O) groups is 1. The molecule has 0 fully saturated rings. The molecular formula is C11H13F3N2O3. The Labute approximate surface area is 107 Å². The smallest absolute Gasteiger partial charge is 0.406 e. The van der Waals surface area contributed by atoms with Crippen molar-refractivity contribution in [1.82, 2.24) is 4.90 Å². The first-order chi connectivity index (χ1) is 8.76. The lowest BCUT2D eigenvalue weighted by Gasteiger charge is -2.24. The summed E-state index contributed by atoms with van der Waals surface area (Å²) in [5.74, 6) is -2.30. The summed E-state index contributed by atoms with van der Waals surface area (Å²) in [5.41, 5.74) is 4.58. The van der Waals surface area contributed by atoms with Gasteiger partial charge in [0, 0.05) is 13.1 Å². The summed E-state index contributed by atoms with van der Waals surface area (Å²) in [7, 11) is 0. The molecular weight excluding hydrogens is 265 g/mol. The van der Waals surface area contributed by atoms with Crippen molar-refractivity contribution in [2.75, 3.05) is 19.6 Å². The van der Waals surface area contributed by atoms with E-state index in [0.717, 1.165) is 12.1 Å². The second-order valence-corrected chi connectivity index (χ2v) is 3.80. The summed E-state index contributed by atoms with van der Waals surface area (Å²) in [6.07, 6.45) is -4.59. The van der Waals surface area contributed by atoms with Crippen molar-refractivity contribution in [3.63, 3.8) is 0 Å². The standard InChI is InChI=1S/C11H13F3N2O3/c12-11(13,14)6-16(5-4-15)10(19)9-7(17)2-1-3-8(9)18/h1-3,17-18H,4-6,15H2. The number of amides is 1. The van der Waals surface area contributed by atoms with E-state index in [9.17, 15) is 28.2 Å². The lowest BCUT2D eigenvalue weighted by molar-refractivity contribution is -0.140. The largest absolute Gasteiger partial charge is 0.507 e. The Morgan fingerprint density at radius 2 is 1.79 bits per heavy atom. The third kappa shape index (κ3) is 4.02. The van der Waals surface area contributed by atoms with Crippen molar-refractivity contribution < 1.29 is 28.2 Å². The predicted octanol–water partition coefficient (Wildman–Crippen LogP) is 1.06. The summed E-state index contributed by atoms with van der Waals surface area (Å²) in [6.45, 7) is -2.01. The highest BCUT2D eigenvalue weighted by atomic mass is 19.4. The maximum absolute atomic E-state index is 12.3. The van der Waals surface area contributed by atoms with E-state index in [1.807, 2.05) is 0 Å². The predicted molar refractivity (Wildman–Crippen MR) is 60.8 cm³/mol. The van der Waals surface area contributed by atoms with E-state index in [4.69, 9.17) is 5.73 Å². The molecule has 1 amide bonds. The molecule has 0 radical (unpaired) electrons. The number of nitrogens with zero attached hydrogens (tertiary/aromatic N) is 1. The number of alkyl halides is 3. The zero-order valence-corrected chi connectivity index (χ0v) is 9.81. The number of rotatable bonds is 4. The molecule has 106 valence electrons. The summed E-state index contributed by atoms with van der Waals surface area (Å²) < 4.78 is 37.0. The van der Waals surface area contributed by atoms with E-state index in [2.05, 4.69) is 0 Å². The molecule has 1 aromatic rings. The zero-order valence-electron chi connectivity index (χ0n) is 9.81. The van der Waals surface area contributed by atoms with E-state index >= 15 is 0 Å². The monoisotopic (exact) mass is 278 g/mol. The topological polar surface area (TPSA) is 86.8 Å². The van der Waals surface area contributed by atoms with Crippen LogP contribution >= 0.6 is 0 Å². The molecule has 1 aromatic carbocycles.